The Kier molecular flexibility index (Phi) is 6.48. The number of carbonyl (C=O) groups excluding carboxylic acids is 2. The fraction of sp³-hybridized carbons (Fsp3) is 0.571. The van der Waals surface area contributed by atoms with Gasteiger partial charge in [-0.2, -0.15) is 0 Å². The van der Waals surface area contributed by atoms with Gasteiger partial charge in [0.2, 0.25) is 11.8 Å². The van der Waals surface area contributed by atoms with Gasteiger partial charge >= 0.3 is 0 Å². The Balaban J connectivity index is 1.72. The first-order chi connectivity index (χ1) is 13.1. The topological polar surface area (TPSA) is 67.2 Å². The summed E-state index contributed by atoms with van der Waals surface area (Å²) in [7, 11) is 0. The van der Waals surface area contributed by atoms with Gasteiger partial charge in [-0.1, -0.05) is 38.8 Å². The molecule has 1 N–H and O–H groups in total. The smallest absolute Gasteiger partial charge is 0.224 e. The standard InChI is InChI=1S/C21H30N4O2/c1-16(2)21(27)22-15-19-23-17-9-5-6-10-18(17)25(19)14-11-20(26)24-12-7-3-4-8-13-24/h5-6,9-10,16H,3-4,7-8,11-15H2,1-2H3,(H,22,27). The summed E-state index contributed by atoms with van der Waals surface area (Å²) >= 11 is 0. The molecular formula is C21H30N4O2. The zero-order valence-electron chi connectivity index (χ0n) is 16.4. The van der Waals surface area contributed by atoms with Crippen LogP contribution >= 0.6 is 0 Å². The van der Waals surface area contributed by atoms with Crippen molar-refractivity contribution in [2.45, 2.75) is 59.0 Å². The highest BCUT2D eigenvalue weighted by molar-refractivity contribution is 5.79. The van der Waals surface area contributed by atoms with Crippen molar-refractivity contribution in [3.63, 3.8) is 0 Å². The highest BCUT2D eigenvalue weighted by atomic mass is 16.2. The number of fused-ring (bicyclic) bond motifs is 1. The number of para-hydroxylation sites is 2. The second-order valence-electron chi connectivity index (χ2n) is 7.59. The number of carbonyl (C=O) groups is 2. The molecule has 1 fully saturated rings. The summed E-state index contributed by atoms with van der Waals surface area (Å²) in [5, 5.41) is 2.94. The molecular weight excluding hydrogens is 340 g/mol. The van der Waals surface area contributed by atoms with E-state index in [0.29, 0.717) is 19.5 Å². The van der Waals surface area contributed by atoms with Crippen molar-refractivity contribution in [3.05, 3.63) is 30.1 Å². The number of aromatic nitrogens is 2. The summed E-state index contributed by atoms with van der Waals surface area (Å²) in [5.74, 6) is 0.961. The molecule has 146 valence electrons. The highest BCUT2D eigenvalue weighted by Gasteiger charge is 2.18. The quantitative estimate of drug-likeness (QED) is 0.850. The number of amides is 2. The summed E-state index contributed by atoms with van der Waals surface area (Å²) < 4.78 is 2.08. The van der Waals surface area contributed by atoms with Crippen LogP contribution < -0.4 is 5.32 Å². The van der Waals surface area contributed by atoms with Crippen LogP contribution in [0.1, 0.15) is 51.8 Å². The number of aryl methyl sites for hydroxylation is 1. The third-order valence-electron chi connectivity index (χ3n) is 5.19. The molecule has 0 aliphatic carbocycles. The molecule has 1 aliphatic heterocycles. The van der Waals surface area contributed by atoms with Crippen LogP contribution in [0.15, 0.2) is 24.3 Å². The van der Waals surface area contributed by atoms with Gasteiger partial charge in [-0.15, -0.1) is 0 Å². The summed E-state index contributed by atoms with van der Waals surface area (Å²) in [6, 6.07) is 7.93. The normalized spacial score (nSPS) is 15.1. The molecule has 1 saturated heterocycles. The minimum atomic E-state index is -0.0626. The molecule has 0 spiro atoms. The van der Waals surface area contributed by atoms with Gasteiger partial charge in [0.05, 0.1) is 17.6 Å². The van der Waals surface area contributed by atoms with Crippen molar-refractivity contribution < 1.29 is 9.59 Å². The molecule has 0 saturated carbocycles. The first kappa shape index (κ1) is 19.4. The van der Waals surface area contributed by atoms with E-state index in [9.17, 15) is 9.59 Å². The number of nitrogens with zero attached hydrogens (tertiary/aromatic N) is 3. The molecule has 1 aliphatic rings. The molecule has 0 radical (unpaired) electrons. The van der Waals surface area contributed by atoms with Crippen LogP contribution in [0.25, 0.3) is 11.0 Å². The zero-order chi connectivity index (χ0) is 19.2. The van der Waals surface area contributed by atoms with Crippen LogP contribution in [0.5, 0.6) is 0 Å². The summed E-state index contributed by atoms with van der Waals surface area (Å²) in [4.78, 5) is 31.3. The Labute approximate surface area is 160 Å². The highest BCUT2D eigenvalue weighted by Crippen LogP contribution is 2.18. The van der Waals surface area contributed by atoms with Crippen LogP contribution in [0.4, 0.5) is 0 Å². The molecule has 1 aromatic heterocycles. The van der Waals surface area contributed by atoms with E-state index in [2.05, 4.69) is 14.9 Å². The van der Waals surface area contributed by atoms with Crippen LogP contribution in [0.2, 0.25) is 0 Å². The molecule has 27 heavy (non-hydrogen) atoms. The lowest BCUT2D eigenvalue weighted by Gasteiger charge is -2.20. The molecule has 2 aromatic rings. The summed E-state index contributed by atoms with van der Waals surface area (Å²) in [6.45, 7) is 6.46. The number of rotatable bonds is 6. The lowest BCUT2D eigenvalue weighted by atomic mass is 10.2. The SMILES string of the molecule is CC(C)C(=O)NCc1nc2ccccc2n1CCC(=O)N1CCCCCC1. The van der Waals surface area contributed by atoms with Gasteiger partial charge in [-0.25, -0.2) is 4.98 Å². The van der Waals surface area contributed by atoms with E-state index >= 15 is 0 Å². The van der Waals surface area contributed by atoms with Crippen molar-refractivity contribution in [1.29, 1.82) is 0 Å². The number of benzene rings is 1. The van der Waals surface area contributed by atoms with Crippen LogP contribution in [-0.2, 0) is 22.7 Å². The Morgan fingerprint density at radius 2 is 1.81 bits per heavy atom. The predicted molar refractivity (Wildman–Crippen MR) is 106 cm³/mol. The predicted octanol–water partition coefficient (Wildman–Crippen LogP) is 3.10. The number of imidazole rings is 1. The molecule has 0 unspecified atom stereocenters. The Hall–Kier alpha value is -2.37. The minimum Gasteiger partial charge on any atom is -0.349 e. The maximum absolute atomic E-state index is 12.7. The molecule has 0 bridgehead atoms. The summed E-state index contributed by atoms with van der Waals surface area (Å²) in [6.07, 6.45) is 5.11. The molecule has 0 atom stereocenters. The van der Waals surface area contributed by atoms with E-state index in [-0.39, 0.29) is 17.7 Å². The number of hydrogen-bond donors (Lipinski definition) is 1. The van der Waals surface area contributed by atoms with Gasteiger partial charge in [0, 0.05) is 32.0 Å². The van der Waals surface area contributed by atoms with Gasteiger partial charge in [0.1, 0.15) is 5.82 Å². The van der Waals surface area contributed by atoms with Gasteiger partial charge in [0.15, 0.2) is 0 Å². The summed E-state index contributed by atoms with van der Waals surface area (Å²) in [5.41, 5.74) is 1.91. The van der Waals surface area contributed by atoms with Crippen molar-refractivity contribution in [2.24, 2.45) is 5.92 Å². The molecule has 3 rings (SSSR count). The van der Waals surface area contributed by atoms with Crippen LogP contribution in [-0.4, -0.2) is 39.4 Å². The van der Waals surface area contributed by atoms with Crippen LogP contribution in [0, 0.1) is 5.92 Å². The van der Waals surface area contributed by atoms with Gasteiger partial charge < -0.3 is 14.8 Å². The van der Waals surface area contributed by atoms with Gasteiger partial charge in [0.25, 0.3) is 0 Å². The van der Waals surface area contributed by atoms with E-state index < -0.39 is 0 Å². The molecule has 1 aromatic carbocycles. The minimum absolute atomic E-state index is 0.00856. The van der Waals surface area contributed by atoms with Crippen molar-refractivity contribution in [1.82, 2.24) is 19.8 Å². The largest absolute Gasteiger partial charge is 0.349 e. The van der Waals surface area contributed by atoms with E-state index in [4.69, 9.17) is 0 Å². The fourth-order valence-electron chi connectivity index (χ4n) is 3.57. The molecule has 2 heterocycles. The number of likely N-dealkylation sites (tertiary alicyclic amines) is 1. The zero-order valence-corrected chi connectivity index (χ0v) is 16.4. The first-order valence-corrected chi connectivity index (χ1v) is 10.1. The van der Waals surface area contributed by atoms with E-state index in [1.807, 2.05) is 43.0 Å². The second kappa shape index (κ2) is 9.02. The number of nitrogens with one attached hydrogen (secondary N) is 1. The first-order valence-electron chi connectivity index (χ1n) is 10.1. The average molecular weight is 370 g/mol. The monoisotopic (exact) mass is 370 g/mol. The average Bonchev–Trinajstić information content (AvgIpc) is 2.83. The van der Waals surface area contributed by atoms with Crippen molar-refractivity contribution in [3.8, 4) is 0 Å². The van der Waals surface area contributed by atoms with E-state index in [0.717, 1.165) is 42.8 Å². The maximum Gasteiger partial charge on any atom is 0.224 e. The number of hydrogen-bond acceptors (Lipinski definition) is 3. The molecule has 6 nitrogen and oxygen atoms in total. The fourth-order valence-corrected chi connectivity index (χ4v) is 3.57. The molecule has 6 heteroatoms. The van der Waals surface area contributed by atoms with Crippen molar-refractivity contribution >= 4 is 22.8 Å². The Morgan fingerprint density at radius 3 is 2.52 bits per heavy atom. The van der Waals surface area contributed by atoms with Crippen molar-refractivity contribution in [2.75, 3.05) is 13.1 Å². The van der Waals surface area contributed by atoms with E-state index in [1.165, 1.54) is 12.8 Å². The lowest BCUT2D eigenvalue weighted by Crippen LogP contribution is -2.32. The van der Waals surface area contributed by atoms with Crippen LogP contribution in [0.3, 0.4) is 0 Å². The van der Waals surface area contributed by atoms with E-state index in [1.54, 1.807) is 0 Å². The maximum atomic E-state index is 12.7. The van der Waals surface area contributed by atoms with Gasteiger partial charge in [-0.3, -0.25) is 9.59 Å². The Morgan fingerprint density at radius 1 is 1.11 bits per heavy atom. The lowest BCUT2D eigenvalue weighted by molar-refractivity contribution is -0.131. The van der Waals surface area contributed by atoms with Gasteiger partial charge in [-0.05, 0) is 25.0 Å². The second-order valence-corrected chi connectivity index (χ2v) is 7.59. The molecule has 2 amide bonds. The Bertz CT molecular complexity index is 789. The third-order valence-corrected chi connectivity index (χ3v) is 5.19. The third kappa shape index (κ3) is 4.87.